The Hall–Kier alpha value is -1.58. The van der Waals surface area contributed by atoms with E-state index in [0.717, 1.165) is 14.5 Å². The molecule has 2 heterocycles. The summed E-state index contributed by atoms with van der Waals surface area (Å²) in [6.07, 6.45) is -1.48. The molecule has 1 amide bonds. The number of nitrogens with two attached hydrogens (primary N) is 1. The van der Waals surface area contributed by atoms with Crippen LogP contribution in [0.15, 0.2) is 28.6 Å². The molecule has 2 atom stereocenters. The van der Waals surface area contributed by atoms with Gasteiger partial charge in [-0.15, -0.1) is 11.3 Å². The van der Waals surface area contributed by atoms with Crippen LogP contribution in [0, 0.1) is 5.92 Å². The molecule has 3 rings (SSSR count). The molecule has 9 heteroatoms. The molecule has 1 fully saturated rings. The Morgan fingerprint density at radius 1 is 1.45 bits per heavy atom. The van der Waals surface area contributed by atoms with Gasteiger partial charge < -0.3 is 5.73 Å². The van der Waals surface area contributed by atoms with E-state index >= 15 is 0 Å². The molecule has 2 N–H and O–H groups in total. The van der Waals surface area contributed by atoms with Gasteiger partial charge in [-0.1, -0.05) is 0 Å². The molecule has 2 unspecified atom stereocenters. The first kappa shape index (κ1) is 15.3. The molecular weight excluding hydrogens is 329 g/mol. The van der Waals surface area contributed by atoms with E-state index in [9.17, 15) is 17.6 Å². The number of carbonyl (C=O) groups excluding carboxylic acids is 1. The molecule has 6 nitrogen and oxygen atoms in total. The van der Waals surface area contributed by atoms with Crippen molar-refractivity contribution in [2.75, 3.05) is 13.1 Å². The number of hydrogen-bond donors (Lipinski definition) is 1. The fraction of sp³-hybridized carbons (Fsp3) is 0.385. The first-order valence-corrected chi connectivity index (χ1v) is 8.98. The van der Waals surface area contributed by atoms with E-state index in [1.165, 1.54) is 23.5 Å². The summed E-state index contributed by atoms with van der Waals surface area (Å²) >= 11 is 1.34. The van der Waals surface area contributed by atoms with Crippen molar-refractivity contribution in [3.63, 3.8) is 0 Å². The van der Waals surface area contributed by atoms with Crippen LogP contribution >= 0.6 is 11.3 Å². The number of thiazole rings is 1. The molecule has 1 aliphatic heterocycles. The van der Waals surface area contributed by atoms with Gasteiger partial charge in [0.15, 0.2) is 0 Å². The van der Waals surface area contributed by atoms with E-state index in [0.29, 0.717) is 0 Å². The number of sulfonamides is 1. The molecule has 0 saturated carbocycles. The zero-order chi connectivity index (χ0) is 15.9. The largest absolute Gasteiger partial charge is 0.369 e. The van der Waals surface area contributed by atoms with E-state index in [-0.39, 0.29) is 24.4 Å². The van der Waals surface area contributed by atoms with Crippen LogP contribution < -0.4 is 5.73 Å². The number of alkyl halides is 1. The van der Waals surface area contributed by atoms with Crippen molar-refractivity contribution in [1.29, 1.82) is 0 Å². The first-order chi connectivity index (χ1) is 10.4. The Bertz CT molecular complexity index is 821. The number of piperidine rings is 1. The Balaban J connectivity index is 1.88. The number of hydrogen-bond acceptors (Lipinski definition) is 5. The van der Waals surface area contributed by atoms with E-state index in [4.69, 9.17) is 5.73 Å². The number of benzene rings is 1. The lowest BCUT2D eigenvalue weighted by molar-refractivity contribution is -0.125. The molecule has 0 aliphatic carbocycles. The molecule has 1 aromatic carbocycles. The molecule has 1 saturated heterocycles. The minimum absolute atomic E-state index is 0.0804. The van der Waals surface area contributed by atoms with Crippen molar-refractivity contribution in [2.24, 2.45) is 11.7 Å². The quantitative estimate of drug-likeness (QED) is 0.904. The molecule has 2 aromatic rings. The molecule has 1 aromatic heterocycles. The predicted molar refractivity (Wildman–Crippen MR) is 80.6 cm³/mol. The highest BCUT2D eigenvalue weighted by Gasteiger charge is 2.38. The van der Waals surface area contributed by atoms with Gasteiger partial charge in [0.05, 0.1) is 26.5 Å². The third-order valence-corrected chi connectivity index (χ3v) is 6.46. The summed E-state index contributed by atoms with van der Waals surface area (Å²) in [6.45, 7) is -0.270. The van der Waals surface area contributed by atoms with Gasteiger partial charge in [0.1, 0.15) is 6.17 Å². The third-order valence-electron chi connectivity index (χ3n) is 3.81. The standard InChI is InChI=1S/C13H14FN3O3S2/c14-10-6-17(4-3-9(10)13(15)18)22(19,20)8-1-2-11-12(5-8)21-7-16-11/h1-2,5,7,9-10H,3-4,6H2,(H2,15,18). The SMILES string of the molecule is NC(=O)C1CCN(S(=O)(=O)c2ccc3ncsc3c2)CC1F. The third kappa shape index (κ3) is 2.59. The average Bonchev–Trinajstić information content (AvgIpc) is 2.94. The lowest BCUT2D eigenvalue weighted by Crippen LogP contribution is -2.48. The fourth-order valence-electron chi connectivity index (χ4n) is 2.56. The van der Waals surface area contributed by atoms with Crippen LogP contribution in [-0.4, -0.2) is 42.9 Å². The highest BCUT2D eigenvalue weighted by atomic mass is 32.2. The molecule has 0 bridgehead atoms. The highest BCUT2D eigenvalue weighted by Crippen LogP contribution is 2.28. The van der Waals surface area contributed by atoms with Crippen molar-refractivity contribution in [3.8, 4) is 0 Å². The number of carbonyl (C=O) groups is 1. The Labute approximate surface area is 130 Å². The molecule has 118 valence electrons. The molecule has 22 heavy (non-hydrogen) atoms. The van der Waals surface area contributed by atoms with Crippen LogP contribution in [0.4, 0.5) is 4.39 Å². The lowest BCUT2D eigenvalue weighted by atomic mass is 9.96. The van der Waals surface area contributed by atoms with Crippen LogP contribution in [0.25, 0.3) is 10.2 Å². The average molecular weight is 343 g/mol. The Morgan fingerprint density at radius 3 is 2.91 bits per heavy atom. The summed E-state index contributed by atoms with van der Waals surface area (Å²) in [5.41, 5.74) is 7.48. The summed E-state index contributed by atoms with van der Waals surface area (Å²) < 4.78 is 41.0. The number of amides is 1. The van der Waals surface area contributed by atoms with Crippen molar-refractivity contribution >= 4 is 37.5 Å². The maximum absolute atomic E-state index is 14.0. The number of primary amides is 1. The van der Waals surface area contributed by atoms with Gasteiger partial charge in [-0.2, -0.15) is 4.31 Å². The molecule has 1 aliphatic rings. The van der Waals surface area contributed by atoms with Crippen LogP contribution in [0.3, 0.4) is 0 Å². The minimum atomic E-state index is -3.79. The zero-order valence-electron chi connectivity index (χ0n) is 11.5. The van der Waals surface area contributed by atoms with Gasteiger partial charge >= 0.3 is 0 Å². The monoisotopic (exact) mass is 343 g/mol. The van der Waals surface area contributed by atoms with Crippen LogP contribution in [0.5, 0.6) is 0 Å². The normalized spacial score (nSPS) is 23.7. The Kier molecular flexibility index (Phi) is 3.87. The second-order valence-corrected chi connectivity index (χ2v) is 7.98. The Morgan fingerprint density at radius 2 is 2.23 bits per heavy atom. The van der Waals surface area contributed by atoms with Crippen LogP contribution in [0.1, 0.15) is 6.42 Å². The summed E-state index contributed by atoms with van der Waals surface area (Å²) in [5.74, 6) is -1.65. The van der Waals surface area contributed by atoms with Crippen LogP contribution in [-0.2, 0) is 14.8 Å². The van der Waals surface area contributed by atoms with E-state index in [1.54, 1.807) is 11.6 Å². The van der Waals surface area contributed by atoms with E-state index in [1.807, 2.05) is 0 Å². The summed E-state index contributed by atoms with van der Waals surface area (Å²) in [4.78, 5) is 15.3. The summed E-state index contributed by atoms with van der Waals surface area (Å²) in [5, 5.41) is 0. The fourth-order valence-corrected chi connectivity index (χ4v) is 4.84. The van der Waals surface area contributed by atoms with Crippen molar-refractivity contribution in [2.45, 2.75) is 17.5 Å². The van der Waals surface area contributed by atoms with Gasteiger partial charge in [0, 0.05) is 13.1 Å². The molecular formula is C13H14FN3O3S2. The second kappa shape index (κ2) is 5.56. The highest BCUT2D eigenvalue weighted by molar-refractivity contribution is 7.89. The van der Waals surface area contributed by atoms with Crippen molar-refractivity contribution in [3.05, 3.63) is 23.7 Å². The number of halogens is 1. The predicted octanol–water partition coefficient (Wildman–Crippen LogP) is 1.13. The summed E-state index contributed by atoms with van der Waals surface area (Å²) in [6, 6.07) is 4.63. The number of nitrogens with zero attached hydrogens (tertiary/aromatic N) is 2. The second-order valence-electron chi connectivity index (χ2n) is 5.16. The van der Waals surface area contributed by atoms with Gasteiger partial charge in [0.2, 0.25) is 15.9 Å². The maximum atomic E-state index is 14.0. The van der Waals surface area contributed by atoms with Crippen molar-refractivity contribution in [1.82, 2.24) is 9.29 Å². The molecule has 0 spiro atoms. The van der Waals surface area contributed by atoms with Gasteiger partial charge in [-0.3, -0.25) is 4.79 Å². The van der Waals surface area contributed by atoms with Gasteiger partial charge in [-0.05, 0) is 24.6 Å². The first-order valence-electron chi connectivity index (χ1n) is 6.66. The van der Waals surface area contributed by atoms with Gasteiger partial charge in [-0.25, -0.2) is 17.8 Å². The number of rotatable bonds is 3. The number of fused-ring (bicyclic) bond motifs is 1. The van der Waals surface area contributed by atoms with Crippen molar-refractivity contribution < 1.29 is 17.6 Å². The summed E-state index contributed by atoms with van der Waals surface area (Å²) in [7, 11) is -3.79. The minimum Gasteiger partial charge on any atom is -0.369 e. The van der Waals surface area contributed by atoms with Crippen LogP contribution in [0.2, 0.25) is 0 Å². The maximum Gasteiger partial charge on any atom is 0.243 e. The van der Waals surface area contributed by atoms with Gasteiger partial charge in [0.25, 0.3) is 0 Å². The smallest absolute Gasteiger partial charge is 0.243 e. The van der Waals surface area contributed by atoms with E-state index < -0.39 is 28.0 Å². The molecule has 0 radical (unpaired) electrons. The lowest BCUT2D eigenvalue weighted by Gasteiger charge is -2.32. The topological polar surface area (TPSA) is 93.4 Å². The number of aromatic nitrogens is 1. The van der Waals surface area contributed by atoms with E-state index in [2.05, 4.69) is 4.98 Å². The zero-order valence-corrected chi connectivity index (χ0v) is 13.1.